The van der Waals surface area contributed by atoms with Crippen molar-refractivity contribution in [3.63, 3.8) is 0 Å². The molecule has 2 rings (SSSR count). The highest BCUT2D eigenvalue weighted by Gasteiger charge is 2.22. The number of carbonyl (C=O) groups excluding carboxylic acids is 2. The van der Waals surface area contributed by atoms with Crippen molar-refractivity contribution >= 4 is 21.8 Å². The smallest absolute Gasteiger partial charge is 0.338 e. The number of nitrogens with zero attached hydrogens (tertiary/aromatic N) is 1. The fraction of sp³-hybridized carbons (Fsp3) is 0.176. The Morgan fingerprint density at radius 2 is 1.73 bits per heavy atom. The topological polar surface area (TPSA) is 90.0 Å². The molecular weight excluding hydrogens is 365 g/mol. The van der Waals surface area contributed by atoms with E-state index in [4.69, 9.17) is 4.74 Å². The van der Waals surface area contributed by atoms with Gasteiger partial charge in [0.2, 0.25) is 0 Å². The molecule has 0 spiro atoms. The minimum atomic E-state index is -3.93. The van der Waals surface area contributed by atoms with Gasteiger partial charge in [-0.05, 0) is 30.3 Å². The van der Waals surface area contributed by atoms with E-state index in [0.717, 1.165) is 12.1 Å². The van der Waals surface area contributed by atoms with Crippen LogP contribution >= 0.6 is 0 Å². The third-order valence-corrected chi connectivity index (χ3v) is 5.12. The van der Waals surface area contributed by atoms with Crippen molar-refractivity contribution in [2.24, 2.45) is 0 Å². The summed E-state index contributed by atoms with van der Waals surface area (Å²) in [5, 5.41) is 0. The lowest BCUT2D eigenvalue weighted by Crippen LogP contribution is -2.26. The number of carbonyl (C=O) groups is 2. The van der Waals surface area contributed by atoms with Gasteiger partial charge in [-0.2, -0.15) is 0 Å². The third kappa shape index (κ3) is 4.51. The molecule has 26 heavy (non-hydrogen) atoms. The molecule has 0 saturated carbocycles. The summed E-state index contributed by atoms with van der Waals surface area (Å²) >= 11 is 0. The van der Waals surface area contributed by atoms with Crippen molar-refractivity contribution in [2.45, 2.75) is 4.90 Å². The van der Waals surface area contributed by atoms with Crippen LogP contribution in [0.3, 0.4) is 0 Å². The fourth-order valence-electron chi connectivity index (χ4n) is 1.99. The number of esters is 1. The Kier molecular flexibility index (Phi) is 6.19. The summed E-state index contributed by atoms with van der Waals surface area (Å²) in [6, 6.07) is 10.1. The Hall–Kier alpha value is -2.62. The monoisotopic (exact) mass is 381 g/mol. The zero-order valence-corrected chi connectivity index (χ0v) is 14.8. The van der Waals surface area contributed by atoms with Gasteiger partial charge in [0.15, 0.2) is 12.4 Å². The summed E-state index contributed by atoms with van der Waals surface area (Å²) in [6.07, 6.45) is 0. The van der Waals surface area contributed by atoms with Gasteiger partial charge in [0, 0.05) is 12.6 Å². The number of halogens is 1. The zero-order chi connectivity index (χ0) is 19.3. The SMILES string of the molecule is CON(C)S(=O)(=O)c1cccc(C(=O)OCC(=O)c2cccc(F)c2)c1. The molecule has 0 aliphatic carbocycles. The van der Waals surface area contributed by atoms with Crippen LogP contribution in [-0.2, 0) is 19.6 Å². The molecule has 7 nitrogen and oxygen atoms in total. The van der Waals surface area contributed by atoms with E-state index in [0.29, 0.717) is 4.47 Å². The Morgan fingerprint density at radius 1 is 1.08 bits per heavy atom. The number of ether oxygens (including phenoxy) is 1. The molecule has 0 unspecified atom stereocenters. The highest BCUT2D eigenvalue weighted by Crippen LogP contribution is 2.16. The molecule has 0 aromatic heterocycles. The van der Waals surface area contributed by atoms with E-state index in [1.54, 1.807) is 0 Å². The third-order valence-electron chi connectivity index (χ3n) is 3.44. The van der Waals surface area contributed by atoms with Gasteiger partial charge in [0.05, 0.1) is 17.6 Å². The van der Waals surface area contributed by atoms with Crippen molar-refractivity contribution in [1.29, 1.82) is 0 Å². The van der Waals surface area contributed by atoms with Crippen LogP contribution in [0, 0.1) is 5.82 Å². The van der Waals surface area contributed by atoms with Crippen LogP contribution in [-0.4, -0.2) is 45.4 Å². The molecule has 138 valence electrons. The number of rotatable bonds is 7. The predicted octanol–water partition coefficient (Wildman–Crippen LogP) is 2.05. The standard InChI is InChI=1S/C17H16FNO6S/c1-19(24-2)26(22,23)15-8-4-6-13(10-15)17(21)25-11-16(20)12-5-3-7-14(18)9-12/h3-10H,11H2,1-2H3. The van der Waals surface area contributed by atoms with E-state index in [2.05, 4.69) is 4.84 Å². The van der Waals surface area contributed by atoms with Gasteiger partial charge < -0.3 is 4.74 Å². The minimum Gasteiger partial charge on any atom is -0.454 e. The second-order valence-electron chi connectivity index (χ2n) is 5.13. The first-order valence-electron chi connectivity index (χ1n) is 7.34. The van der Waals surface area contributed by atoms with Crippen LogP contribution < -0.4 is 0 Å². The molecule has 0 radical (unpaired) electrons. The second-order valence-corrected chi connectivity index (χ2v) is 7.07. The Labute approximate surface area is 150 Å². The maximum atomic E-state index is 13.1. The van der Waals surface area contributed by atoms with Gasteiger partial charge in [0.1, 0.15) is 5.82 Å². The van der Waals surface area contributed by atoms with E-state index in [9.17, 15) is 22.4 Å². The lowest BCUT2D eigenvalue weighted by Gasteiger charge is -2.14. The van der Waals surface area contributed by atoms with E-state index < -0.39 is 34.2 Å². The molecule has 0 saturated heterocycles. The predicted molar refractivity (Wildman–Crippen MR) is 89.4 cm³/mol. The molecule has 0 aliphatic rings. The average Bonchev–Trinajstić information content (AvgIpc) is 2.65. The number of ketones is 1. The number of Topliss-reactive ketones (excluding diaryl/α,β-unsaturated/α-hetero) is 1. The van der Waals surface area contributed by atoms with Crippen LogP contribution in [0.2, 0.25) is 0 Å². The number of hydrogen-bond acceptors (Lipinski definition) is 6. The minimum absolute atomic E-state index is 0.0531. The quantitative estimate of drug-likeness (QED) is 0.414. The molecule has 0 heterocycles. The van der Waals surface area contributed by atoms with Crippen LogP contribution in [0.15, 0.2) is 53.4 Å². The molecule has 2 aromatic rings. The van der Waals surface area contributed by atoms with Gasteiger partial charge in [-0.1, -0.05) is 22.7 Å². The lowest BCUT2D eigenvalue weighted by molar-refractivity contribution is -0.0258. The van der Waals surface area contributed by atoms with Crippen LogP contribution in [0.5, 0.6) is 0 Å². The fourth-order valence-corrected chi connectivity index (χ4v) is 3.01. The number of benzene rings is 2. The van der Waals surface area contributed by atoms with Crippen molar-refractivity contribution in [1.82, 2.24) is 4.47 Å². The molecule has 9 heteroatoms. The van der Waals surface area contributed by atoms with E-state index in [1.807, 2.05) is 0 Å². The average molecular weight is 381 g/mol. The lowest BCUT2D eigenvalue weighted by atomic mass is 10.1. The van der Waals surface area contributed by atoms with E-state index >= 15 is 0 Å². The number of hydrogen-bond donors (Lipinski definition) is 0. The summed E-state index contributed by atoms with van der Waals surface area (Å²) in [7, 11) is -1.53. The first kappa shape index (κ1) is 19.7. The van der Waals surface area contributed by atoms with Crippen molar-refractivity contribution in [2.75, 3.05) is 20.8 Å². The highest BCUT2D eigenvalue weighted by molar-refractivity contribution is 7.89. The van der Waals surface area contributed by atoms with Gasteiger partial charge in [-0.25, -0.2) is 17.6 Å². The molecular formula is C17H16FNO6S. The molecule has 2 aromatic carbocycles. The Bertz CT molecular complexity index is 928. The second kappa shape index (κ2) is 8.17. The molecule has 0 fully saturated rings. The maximum absolute atomic E-state index is 13.1. The normalized spacial score (nSPS) is 11.4. The largest absolute Gasteiger partial charge is 0.454 e. The van der Waals surface area contributed by atoms with Crippen molar-refractivity contribution in [3.8, 4) is 0 Å². The number of sulfonamides is 1. The Morgan fingerprint density at radius 3 is 2.38 bits per heavy atom. The zero-order valence-electron chi connectivity index (χ0n) is 14.0. The Balaban J connectivity index is 2.11. The van der Waals surface area contributed by atoms with Crippen LogP contribution in [0.25, 0.3) is 0 Å². The first-order valence-corrected chi connectivity index (χ1v) is 8.78. The summed E-state index contributed by atoms with van der Waals surface area (Å²) in [5.41, 5.74) is 0.0125. The molecule has 0 aliphatic heterocycles. The summed E-state index contributed by atoms with van der Waals surface area (Å²) in [4.78, 5) is 28.5. The first-order chi connectivity index (χ1) is 12.3. The molecule has 0 N–H and O–H groups in total. The number of hydroxylamine groups is 1. The summed E-state index contributed by atoms with van der Waals surface area (Å²) < 4.78 is 43.0. The van der Waals surface area contributed by atoms with Gasteiger partial charge in [-0.3, -0.25) is 9.63 Å². The summed E-state index contributed by atoms with van der Waals surface area (Å²) in [6.45, 7) is -0.600. The molecule has 0 atom stereocenters. The van der Waals surface area contributed by atoms with Crippen LogP contribution in [0.1, 0.15) is 20.7 Å². The van der Waals surface area contributed by atoms with Crippen molar-refractivity contribution < 1.29 is 32.0 Å². The van der Waals surface area contributed by atoms with Crippen LogP contribution in [0.4, 0.5) is 4.39 Å². The van der Waals surface area contributed by atoms with Crippen molar-refractivity contribution in [3.05, 3.63) is 65.5 Å². The highest BCUT2D eigenvalue weighted by atomic mass is 32.2. The molecule has 0 bridgehead atoms. The van der Waals surface area contributed by atoms with Gasteiger partial charge >= 0.3 is 5.97 Å². The van der Waals surface area contributed by atoms with Gasteiger partial charge in [-0.15, -0.1) is 0 Å². The van der Waals surface area contributed by atoms with Gasteiger partial charge in [0.25, 0.3) is 10.0 Å². The molecule has 0 amide bonds. The van der Waals surface area contributed by atoms with E-state index in [-0.39, 0.29) is 16.0 Å². The maximum Gasteiger partial charge on any atom is 0.338 e. The van der Waals surface area contributed by atoms with E-state index in [1.165, 1.54) is 50.6 Å². The summed E-state index contributed by atoms with van der Waals surface area (Å²) in [5.74, 6) is -2.05.